The Morgan fingerprint density at radius 3 is 2.94 bits per heavy atom. The maximum absolute atomic E-state index is 5.92. The molecule has 0 saturated heterocycles. The molecule has 3 heteroatoms. The van der Waals surface area contributed by atoms with Crippen molar-refractivity contribution in [3.05, 3.63) is 24.0 Å². The van der Waals surface area contributed by atoms with Gasteiger partial charge in [0.1, 0.15) is 5.75 Å². The second-order valence-electron chi connectivity index (χ2n) is 4.83. The van der Waals surface area contributed by atoms with Crippen LogP contribution in [-0.2, 0) is 0 Å². The van der Waals surface area contributed by atoms with Crippen LogP contribution in [0.2, 0.25) is 0 Å². The molecule has 1 aromatic heterocycles. The molecule has 0 amide bonds. The molecule has 0 aliphatic heterocycles. The van der Waals surface area contributed by atoms with E-state index in [0.717, 1.165) is 18.0 Å². The Kier molecular flexibility index (Phi) is 4.37. The number of aromatic nitrogens is 1. The minimum Gasteiger partial charge on any atom is -0.495 e. The summed E-state index contributed by atoms with van der Waals surface area (Å²) in [5.41, 5.74) is 7.03. The van der Waals surface area contributed by atoms with Crippen LogP contribution in [0.3, 0.4) is 0 Å². The minimum absolute atomic E-state index is 0.471. The topological polar surface area (TPSA) is 48.1 Å². The van der Waals surface area contributed by atoms with Crippen LogP contribution in [-0.4, -0.2) is 18.6 Å². The van der Waals surface area contributed by atoms with Crippen LogP contribution >= 0.6 is 0 Å². The Bertz CT molecular complexity index is 354. The molecule has 1 aliphatic rings. The van der Waals surface area contributed by atoms with Crippen LogP contribution in [0.25, 0.3) is 0 Å². The number of nitrogens with zero attached hydrogens (tertiary/aromatic N) is 1. The van der Waals surface area contributed by atoms with Crippen molar-refractivity contribution < 1.29 is 4.74 Å². The summed E-state index contributed by atoms with van der Waals surface area (Å²) in [6, 6.07) is 3.93. The molecule has 1 aromatic rings. The van der Waals surface area contributed by atoms with Gasteiger partial charge in [0.2, 0.25) is 0 Å². The molecule has 1 aliphatic carbocycles. The molecule has 3 nitrogen and oxygen atoms in total. The third kappa shape index (κ3) is 2.78. The zero-order valence-corrected chi connectivity index (χ0v) is 10.6. The lowest BCUT2D eigenvalue weighted by Gasteiger charge is -2.24. The number of hydrogen-bond donors (Lipinski definition) is 1. The maximum atomic E-state index is 5.92. The number of hydrogen-bond acceptors (Lipinski definition) is 3. The third-order valence-corrected chi connectivity index (χ3v) is 3.83. The van der Waals surface area contributed by atoms with Crippen molar-refractivity contribution in [3.63, 3.8) is 0 Å². The van der Waals surface area contributed by atoms with E-state index in [2.05, 4.69) is 4.98 Å². The predicted molar refractivity (Wildman–Crippen MR) is 69.2 cm³/mol. The highest BCUT2D eigenvalue weighted by molar-refractivity contribution is 5.30. The molecule has 1 fully saturated rings. The SMILES string of the molecule is COc1cccnc1C1CCCCCC1CN. The fraction of sp³-hybridized carbons (Fsp3) is 0.643. The highest BCUT2D eigenvalue weighted by atomic mass is 16.5. The minimum atomic E-state index is 0.471. The summed E-state index contributed by atoms with van der Waals surface area (Å²) in [5.74, 6) is 1.94. The van der Waals surface area contributed by atoms with Gasteiger partial charge in [-0.15, -0.1) is 0 Å². The smallest absolute Gasteiger partial charge is 0.140 e. The molecule has 2 unspecified atom stereocenters. The molecule has 0 spiro atoms. The molecule has 1 saturated carbocycles. The Morgan fingerprint density at radius 1 is 1.35 bits per heavy atom. The largest absolute Gasteiger partial charge is 0.495 e. The highest BCUT2D eigenvalue weighted by Gasteiger charge is 2.27. The van der Waals surface area contributed by atoms with Crippen molar-refractivity contribution in [2.75, 3.05) is 13.7 Å². The Morgan fingerprint density at radius 2 is 2.18 bits per heavy atom. The first-order chi connectivity index (χ1) is 8.36. The molecule has 17 heavy (non-hydrogen) atoms. The van der Waals surface area contributed by atoms with Crippen LogP contribution in [0.15, 0.2) is 18.3 Å². The molecular weight excluding hydrogens is 212 g/mol. The summed E-state index contributed by atoms with van der Waals surface area (Å²) < 4.78 is 5.43. The van der Waals surface area contributed by atoms with E-state index in [4.69, 9.17) is 10.5 Å². The molecule has 1 heterocycles. The summed E-state index contributed by atoms with van der Waals surface area (Å²) in [6.45, 7) is 0.754. The van der Waals surface area contributed by atoms with Crippen LogP contribution < -0.4 is 10.5 Å². The van der Waals surface area contributed by atoms with Gasteiger partial charge in [0.15, 0.2) is 0 Å². The van der Waals surface area contributed by atoms with Gasteiger partial charge < -0.3 is 10.5 Å². The Hall–Kier alpha value is -1.09. The van der Waals surface area contributed by atoms with E-state index in [-0.39, 0.29) is 0 Å². The predicted octanol–water partition coefficient (Wildman–Crippen LogP) is 2.71. The van der Waals surface area contributed by atoms with Crippen molar-refractivity contribution >= 4 is 0 Å². The molecule has 0 bridgehead atoms. The summed E-state index contributed by atoms with van der Waals surface area (Å²) in [4.78, 5) is 4.53. The summed E-state index contributed by atoms with van der Waals surface area (Å²) in [7, 11) is 1.72. The van der Waals surface area contributed by atoms with Crippen LogP contribution in [0.1, 0.15) is 43.7 Å². The van der Waals surface area contributed by atoms with Gasteiger partial charge >= 0.3 is 0 Å². The second kappa shape index (κ2) is 6.01. The lowest BCUT2D eigenvalue weighted by Crippen LogP contribution is -2.22. The van der Waals surface area contributed by atoms with Gasteiger partial charge in [-0.3, -0.25) is 4.98 Å². The van der Waals surface area contributed by atoms with E-state index >= 15 is 0 Å². The standard InChI is InChI=1S/C14H22N2O/c1-17-13-8-5-9-16-14(13)12-7-4-2-3-6-11(12)10-15/h5,8-9,11-12H,2-4,6-7,10,15H2,1H3. The lowest BCUT2D eigenvalue weighted by atomic mass is 9.85. The quantitative estimate of drug-likeness (QED) is 0.818. The van der Waals surface area contributed by atoms with E-state index in [1.807, 2.05) is 18.3 Å². The average molecular weight is 234 g/mol. The van der Waals surface area contributed by atoms with Gasteiger partial charge in [-0.1, -0.05) is 19.3 Å². The van der Waals surface area contributed by atoms with Crippen molar-refractivity contribution in [1.29, 1.82) is 0 Å². The highest BCUT2D eigenvalue weighted by Crippen LogP contribution is 2.38. The zero-order chi connectivity index (χ0) is 12.1. The molecule has 0 radical (unpaired) electrons. The first-order valence-electron chi connectivity index (χ1n) is 6.55. The van der Waals surface area contributed by atoms with Gasteiger partial charge in [0.05, 0.1) is 12.8 Å². The monoisotopic (exact) mass is 234 g/mol. The number of methoxy groups -OCH3 is 1. The molecule has 2 rings (SSSR count). The first-order valence-corrected chi connectivity index (χ1v) is 6.55. The van der Waals surface area contributed by atoms with Crippen molar-refractivity contribution in [2.24, 2.45) is 11.7 Å². The van der Waals surface area contributed by atoms with E-state index in [0.29, 0.717) is 11.8 Å². The third-order valence-electron chi connectivity index (χ3n) is 3.83. The normalized spacial score (nSPS) is 25.3. The van der Waals surface area contributed by atoms with Gasteiger partial charge in [-0.2, -0.15) is 0 Å². The first kappa shape index (κ1) is 12.4. The van der Waals surface area contributed by atoms with Gasteiger partial charge in [-0.25, -0.2) is 0 Å². The van der Waals surface area contributed by atoms with E-state index in [9.17, 15) is 0 Å². The zero-order valence-electron chi connectivity index (χ0n) is 10.6. The van der Waals surface area contributed by atoms with E-state index in [1.54, 1.807) is 7.11 Å². The second-order valence-corrected chi connectivity index (χ2v) is 4.83. The molecule has 0 aromatic carbocycles. The van der Waals surface area contributed by atoms with Crippen molar-refractivity contribution in [1.82, 2.24) is 4.98 Å². The molecule has 2 N–H and O–H groups in total. The Balaban J connectivity index is 2.28. The van der Waals surface area contributed by atoms with Gasteiger partial charge in [-0.05, 0) is 37.4 Å². The number of rotatable bonds is 3. The van der Waals surface area contributed by atoms with Crippen LogP contribution in [0, 0.1) is 5.92 Å². The van der Waals surface area contributed by atoms with Gasteiger partial charge in [0, 0.05) is 12.1 Å². The average Bonchev–Trinajstić information content (AvgIpc) is 2.63. The summed E-state index contributed by atoms with van der Waals surface area (Å²) in [6.07, 6.45) is 8.17. The fourth-order valence-electron chi connectivity index (χ4n) is 2.88. The molecular formula is C14H22N2O. The summed E-state index contributed by atoms with van der Waals surface area (Å²) >= 11 is 0. The fourth-order valence-corrected chi connectivity index (χ4v) is 2.88. The van der Waals surface area contributed by atoms with E-state index in [1.165, 1.54) is 32.1 Å². The Labute approximate surface area is 103 Å². The van der Waals surface area contributed by atoms with Crippen molar-refractivity contribution in [3.8, 4) is 5.75 Å². The maximum Gasteiger partial charge on any atom is 0.140 e. The molecule has 2 atom stereocenters. The number of ether oxygens (including phenoxy) is 1. The van der Waals surface area contributed by atoms with Crippen LogP contribution in [0.4, 0.5) is 0 Å². The van der Waals surface area contributed by atoms with E-state index < -0.39 is 0 Å². The lowest BCUT2D eigenvalue weighted by molar-refractivity contribution is 0.364. The summed E-state index contributed by atoms with van der Waals surface area (Å²) in [5, 5.41) is 0. The van der Waals surface area contributed by atoms with Gasteiger partial charge in [0.25, 0.3) is 0 Å². The van der Waals surface area contributed by atoms with Crippen molar-refractivity contribution in [2.45, 2.75) is 38.0 Å². The molecule has 94 valence electrons. The number of nitrogens with two attached hydrogens (primary N) is 1. The van der Waals surface area contributed by atoms with Crippen LogP contribution in [0.5, 0.6) is 5.75 Å². The number of pyridine rings is 1.